The molecule has 0 radical (unpaired) electrons. The molecule has 2 bridgehead atoms. The van der Waals surface area contributed by atoms with E-state index in [0.717, 1.165) is 30.0 Å². The number of rotatable bonds is 5. The first-order valence-corrected chi connectivity index (χ1v) is 21.6. The number of aryl methyl sites for hydroxylation is 1. The number of nitrogens with one attached hydrogen (secondary N) is 1. The summed E-state index contributed by atoms with van der Waals surface area (Å²) in [5.74, 6) is 0.0684. The van der Waals surface area contributed by atoms with Gasteiger partial charge in [0, 0.05) is 49.3 Å². The Morgan fingerprint density at radius 2 is 1.87 bits per heavy atom. The number of allylic oxidation sites excluding steroid dienone is 1. The summed E-state index contributed by atoms with van der Waals surface area (Å²) in [7, 11) is -1.87. The maximum absolute atomic E-state index is 14.6. The number of amides is 4. The average molecular weight is 798 g/mol. The van der Waals surface area contributed by atoms with Crippen LogP contribution < -0.4 is 14.4 Å². The molecule has 3 heterocycles. The molecule has 2 aromatic carbocycles. The molecule has 1 N–H and O–H groups in total. The van der Waals surface area contributed by atoms with Gasteiger partial charge in [0.05, 0.1) is 37.2 Å². The van der Waals surface area contributed by atoms with Gasteiger partial charge in [-0.15, -0.1) is 4.36 Å². The quantitative estimate of drug-likeness (QED) is 0.318. The number of likely N-dealkylation sites (tertiary alicyclic amines) is 1. The number of fused-ring (bicyclic) bond motifs is 3. The molecule has 4 aliphatic rings. The van der Waals surface area contributed by atoms with Crippen molar-refractivity contribution in [1.82, 2.24) is 14.5 Å². The first-order valence-electron chi connectivity index (χ1n) is 19.6. The van der Waals surface area contributed by atoms with Gasteiger partial charge in [-0.2, -0.15) is 0 Å². The number of methoxy groups -OCH3 is 1. The van der Waals surface area contributed by atoms with Crippen LogP contribution in [-0.2, 0) is 31.2 Å². The molecule has 1 spiro atoms. The van der Waals surface area contributed by atoms with E-state index in [-0.39, 0.29) is 53.7 Å². The SMILES string of the molecule is CCN(CC)C(=O)OC1CN(C(=O)N[S@@]2(=O)=NC(=O)c3ccc4c(c3)N(C[C@H](C)[C@@H](C)[C@@H](OC)/C=C/C[C@H](C)C2)C[C@@]2(CCCc3cc(Cl)ccc32)CO4)C1. The topological polar surface area (TPSA) is 130 Å². The minimum Gasteiger partial charge on any atom is -0.490 e. The molecule has 1 saturated heterocycles. The fourth-order valence-corrected chi connectivity index (χ4v) is 10.4. The summed E-state index contributed by atoms with van der Waals surface area (Å²) in [6.07, 6.45) is 6.46. The fourth-order valence-electron chi connectivity index (χ4n) is 8.32. The number of ether oxygens (including phenoxy) is 3. The van der Waals surface area contributed by atoms with E-state index in [2.05, 4.69) is 46.0 Å². The van der Waals surface area contributed by atoms with E-state index >= 15 is 0 Å². The zero-order valence-corrected chi connectivity index (χ0v) is 34.5. The number of nitrogens with zero attached hydrogens (tertiary/aromatic N) is 4. The molecule has 6 rings (SSSR count). The molecule has 14 heteroatoms. The molecule has 2 aromatic rings. The highest BCUT2D eigenvalue weighted by Gasteiger charge is 2.43. The maximum Gasteiger partial charge on any atom is 0.410 e. The van der Waals surface area contributed by atoms with Crippen molar-refractivity contribution < 1.29 is 32.8 Å². The number of hydrogen-bond acceptors (Lipinski definition) is 8. The number of urea groups is 1. The van der Waals surface area contributed by atoms with Gasteiger partial charge in [-0.25, -0.2) is 13.8 Å². The minimum absolute atomic E-state index is 0.0429. The second kappa shape index (κ2) is 17.1. The highest BCUT2D eigenvalue weighted by Crippen LogP contribution is 2.45. The predicted molar refractivity (Wildman–Crippen MR) is 215 cm³/mol. The van der Waals surface area contributed by atoms with Crippen molar-refractivity contribution in [2.45, 2.75) is 77.9 Å². The van der Waals surface area contributed by atoms with Gasteiger partial charge in [0.15, 0.2) is 0 Å². The third-order valence-electron chi connectivity index (χ3n) is 11.8. The van der Waals surface area contributed by atoms with Gasteiger partial charge in [-0.3, -0.25) is 9.52 Å². The molecule has 6 atom stereocenters. The van der Waals surface area contributed by atoms with Crippen LogP contribution in [0.15, 0.2) is 52.9 Å². The monoisotopic (exact) mass is 797 g/mol. The third kappa shape index (κ3) is 9.10. The van der Waals surface area contributed by atoms with E-state index in [1.807, 2.05) is 32.9 Å². The second-order valence-corrected chi connectivity index (χ2v) is 18.2. The summed E-state index contributed by atoms with van der Waals surface area (Å²) < 4.78 is 39.7. The Kier molecular flexibility index (Phi) is 12.7. The van der Waals surface area contributed by atoms with Crippen LogP contribution in [0.3, 0.4) is 0 Å². The smallest absolute Gasteiger partial charge is 0.410 e. The lowest BCUT2D eigenvalue weighted by molar-refractivity contribution is -0.00662. The van der Waals surface area contributed by atoms with Gasteiger partial charge in [-0.05, 0) is 98.7 Å². The van der Waals surface area contributed by atoms with Gasteiger partial charge in [0.25, 0.3) is 5.91 Å². The summed E-state index contributed by atoms with van der Waals surface area (Å²) in [6, 6.07) is 10.8. The molecule has 0 unspecified atom stereocenters. The Hall–Kier alpha value is -3.81. The lowest BCUT2D eigenvalue weighted by Crippen LogP contribution is -2.59. The maximum atomic E-state index is 14.6. The number of carbonyl (C=O) groups is 3. The van der Waals surface area contributed by atoms with Crippen LogP contribution in [0, 0.1) is 17.8 Å². The molecule has 4 amide bonds. The first-order chi connectivity index (χ1) is 26.3. The van der Waals surface area contributed by atoms with Crippen LogP contribution in [0.1, 0.15) is 75.4 Å². The van der Waals surface area contributed by atoms with Gasteiger partial charge in [-0.1, -0.05) is 50.6 Å². The average Bonchev–Trinajstić information content (AvgIpc) is 3.27. The molecule has 1 fully saturated rings. The lowest BCUT2D eigenvalue weighted by Gasteiger charge is -2.42. The highest BCUT2D eigenvalue weighted by atomic mass is 35.5. The Labute approximate surface area is 331 Å². The number of halogens is 1. The van der Waals surface area contributed by atoms with E-state index in [0.29, 0.717) is 45.0 Å². The highest BCUT2D eigenvalue weighted by molar-refractivity contribution is 7.92. The van der Waals surface area contributed by atoms with Gasteiger partial charge in [0.2, 0.25) is 0 Å². The van der Waals surface area contributed by atoms with E-state index in [4.69, 9.17) is 25.8 Å². The third-order valence-corrected chi connectivity index (χ3v) is 14.0. The second-order valence-electron chi connectivity index (χ2n) is 15.8. The Morgan fingerprint density at radius 3 is 2.60 bits per heavy atom. The van der Waals surface area contributed by atoms with Crippen LogP contribution in [0.4, 0.5) is 15.3 Å². The predicted octanol–water partition coefficient (Wildman–Crippen LogP) is 7.09. The molecule has 55 heavy (non-hydrogen) atoms. The zero-order valence-electron chi connectivity index (χ0n) is 32.9. The molecule has 3 aliphatic heterocycles. The summed E-state index contributed by atoms with van der Waals surface area (Å²) in [5.41, 5.74) is 3.20. The van der Waals surface area contributed by atoms with Crippen LogP contribution in [-0.4, -0.2) is 103 Å². The van der Waals surface area contributed by atoms with Crippen LogP contribution in [0.2, 0.25) is 5.02 Å². The van der Waals surface area contributed by atoms with Crippen LogP contribution in [0.25, 0.3) is 0 Å². The first kappa shape index (κ1) is 40.8. The van der Waals surface area contributed by atoms with Crippen molar-refractivity contribution in [3.05, 3.63) is 70.3 Å². The van der Waals surface area contributed by atoms with Crippen molar-refractivity contribution in [3.63, 3.8) is 0 Å². The standard InChI is InChI=1S/C41H56ClN5O7S/c1-7-45(8-2)40(50)54-33-22-46(23-33)39(49)44-55(51)24-27(3)11-9-13-36(52-6)29(5)28(4)21-47-25-41(18-10-12-30-19-32(42)15-16-34(30)41)26-53-37-17-14-31(20-35(37)47)38(48)43-55/h9,13-17,19-20,27-29,33,36H,7-8,10-12,18,21-26H2,1-6H3,(H,43,44,48,49,51)/b13-9+/t27-,28-,29+,36-,41-,55-/m0/s1. The summed E-state index contributed by atoms with van der Waals surface area (Å²) in [4.78, 5) is 45.2. The van der Waals surface area contributed by atoms with Crippen molar-refractivity contribution in [1.29, 1.82) is 0 Å². The number of benzene rings is 2. The van der Waals surface area contributed by atoms with Crippen molar-refractivity contribution in [3.8, 4) is 5.75 Å². The fraction of sp³-hybridized carbons (Fsp3) is 0.585. The molecule has 0 saturated carbocycles. The molecule has 1 aliphatic carbocycles. The van der Waals surface area contributed by atoms with Crippen molar-refractivity contribution in [2.75, 3.05) is 63.6 Å². The minimum atomic E-state index is -3.59. The number of carbonyl (C=O) groups excluding carboxylic acids is 3. The van der Waals surface area contributed by atoms with E-state index in [1.165, 1.54) is 16.0 Å². The van der Waals surface area contributed by atoms with Gasteiger partial charge in [0.1, 0.15) is 21.8 Å². The molecule has 12 nitrogen and oxygen atoms in total. The van der Waals surface area contributed by atoms with E-state index < -0.39 is 34.1 Å². The number of hydrogen-bond donors (Lipinski definition) is 1. The van der Waals surface area contributed by atoms with E-state index in [9.17, 15) is 18.6 Å². The summed E-state index contributed by atoms with van der Waals surface area (Å²) in [6.45, 7) is 13.2. The van der Waals surface area contributed by atoms with Gasteiger partial charge < -0.3 is 28.9 Å². The molecule has 0 aromatic heterocycles. The van der Waals surface area contributed by atoms with Gasteiger partial charge >= 0.3 is 12.1 Å². The van der Waals surface area contributed by atoms with Crippen molar-refractivity contribution in [2.24, 2.45) is 22.1 Å². The molecular formula is C41H56ClN5O7S. The molecular weight excluding hydrogens is 742 g/mol. The normalized spacial score (nSPS) is 29.2. The Morgan fingerprint density at radius 1 is 1.11 bits per heavy atom. The Bertz CT molecular complexity index is 1910. The zero-order chi connectivity index (χ0) is 39.5. The van der Waals surface area contributed by atoms with E-state index in [1.54, 1.807) is 30.2 Å². The Balaban J connectivity index is 1.33. The van der Waals surface area contributed by atoms with Crippen LogP contribution >= 0.6 is 11.6 Å². The van der Waals surface area contributed by atoms with Crippen LogP contribution in [0.5, 0.6) is 5.75 Å². The molecule has 300 valence electrons. The lowest BCUT2D eigenvalue weighted by atomic mass is 9.70. The summed E-state index contributed by atoms with van der Waals surface area (Å²) >= 11 is 6.46. The number of anilines is 1. The van der Waals surface area contributed by atoms with Crippen molar-refractivity contribution >= 4 is 45.2 Å². The summed E-state index contributed by atoms with van der Waals surface area (Å²) in [5, 5.41) is 0.722. The largest absolute Gasteiger partial charge is 0.490 e.